The van der Waals surface area contributed by atoms with Crippen LogP contribution in [0, 0.1) is 0 Å². The molecule has 0 saturated carbocycles. The molecule has 0 N–H and O–H groups in total. The maximum absolute atomic E-state index is 5.23. The maximum atomic E-state index is 5.23. The van der Waals surface area contributed by atoms with Crippen LogP contribution in [0.1, 0.15) is 43.6 Å². The first-order valence-corrected chi connectivity index (χ1v) is 7.40. The van der Waals surface area contributed by atoms with E-state index in [1.54, 1.807) is 19.6 Å². The van der Waals surface area contributed by atoms with Crippen molar-refractivity contribution in [2.24, 2.45) is 0 Å². The molecule has 0 amide bonds. The third-order valence-corrected chi connectivity index (χ3v) is 3.47. The molecule has 0 unspecified atom stereocenters. The standard InChI is InChI=1S/C17H23NO2/c1-19-16-10-7-9-15(14-16)8-5-3-2-4-6-11-17-18-12-13-20-17/h7,9-10,12-14H,2-6,8,11H2,1H3. The van der Waals surface area contributed by atoms with Gasteiger partial charge in [-0.15, -0.1) is 0 Å². The van der Waals surface area contributed by atoms with E-state index in [4.69, 9.17) is 9.15 Å². The third-order valence-electron chi connectivity index (χ3n) is 3.47. The number of hydrogen-bond donors (Lipinski definition) is 0. The van der Waals surface area contributed by atoms with Gasteiger partial charge in [-0.05, 0) is 37.0 Å². The molecule has 0 saturated heterocycles. The second-order valence-electron chi connectivity index (χ2n) is 5.05. The number of aromatic nitrogens is 1. The number of unbranched alkanes of at least 4 members (excludes halogenated alkanes) is 4. The normalized spacial score (nSPS) is 10.7. The lowest BCUT2D eigenvalue weighted by Gasteiger charge is -2.04. The number of ether oxygens (including phenoxy) is 1. The molecule has 0 bridgehead atoms. The molecule has 20 heavy (non-hydrogen) atoms. The maximum Gasteiger partial charge on any atom is 0.193 e. The lowest BCUT2D eigenvalue weighted by molar-refractivity contribution is 0.414. The predicted molar refractivity (Wildman–Crippen MR) is 80.0 cm³/mol. The molecule has 3 nitrogen and oxygen atoms in total. The Morgan fingerprint density at radius 3 is 2.60 bits per heavy atom. The van der Waals surface area contributed by atoms with Gasteiger partial charge in [-0.2, -0.15) is 0 Å². The van der Waals surface area contributed by atoms with Gasteiger partial charge in [0, 0.05) is 6.42 Å². The van der Waals surface area contributed by atoms with Gasteiger partial charge in [-0.3, -0.25) is 0 Å². The fourth-order valence-corrected chi connectivity index (χ4v) is 2.34. The van der Waals surface area contributed by atoms with Crippen molar-refractivity contribution in [3.63, 3.8) is 0 Å². The molecule has 0 spiro atoms. The molecule has 0 aliphatic rings. The molecule has 3 heteroatoms. The van der Waals surface area contributed by atoms with Crippen LogP contribution in [0.5, 0.6) is 5.75 Å². The third kappa shape index (κ3) is 5.08. The molecular formula is C17H23NO2. The Balaban J connectivity index is 1.53. The average molecular weight is 273 g/mol. The van der Waals surface area contributed by atoms with E-state index in [1.807, 2.05) is 6.07 Å². The largest absolute Gasteiger partial charge is 0.497 e. The smallest absolute Gasteiger partial charge is 0.193 e. The van der Waals surface area contributed by atoms with E-state index in [9.17, 15) is 0 Å². The second-order valence-corrected chi connectivity index (χ2v) is 5.05. The molecule has 0 radical (unpaired) electrons. The highest BCUT2D eigenvalue weighted by molar-refractivity contribution is 5.28. The average Bonchev–Trinajstić information content (AvgIpc) is 3.00. The van der Waals surface area contributed by atoms with E-state index < -0.39 is 0 Å². The fraction of sp³-hybridized carbons (Fsp3) is 0.471. The molecule has 1 heterocycles. The first-order valence-electron chi connectivity index (χ1n) is 7.40. The number of rotatable bonds is 9. The van der Waals surface area contributed by atoms with E-state index in [-0.39, 0.29) is 0 Å². The molecule has 2 aromatic rings. The van der Waals surface area contributed by atoms with E-state index >= 15 is 0 Å². The van der Waals surface area contributed by atoms with Crippen LogP contribution in [0.15, 0.2) is 41.1 Å². The molecule has 2 rings (SSSR count). The van der Waals surface area contributed by atoms with Crippen LogP contribution >= 0.6 is 0 Å². The summed E-state index contributed by atoms with van der Waals surface area (Å²) in [7, 11) is 1.72. The number of benzene rings is 1. The van der Waals surface area contributed by atoms with E-state index in [0.717, 1.165) is 24.5 Å². The fourth-order valence-electron chi connectivity index (χ4n) is 2.34. The quantitative estimate of drug-likeness (QED) is 0.634. The van der Waals surface area contributed by atoms with Crippen LogP contribution in [0.25, 0.3) is 0 Å². The van der Waals surface area contributed by atoms with Gasteiger partial charge in [0.1, 0.15) is 12.0 Å². The van der Waals surface area contributed by atoms with Crippen molar-refractivity contribution in [1.82, 2.24) is 4.98 Å². The Kier molecular flexibility index (Phi) is 6.15. The van der Waals surface area contributed by atoms with Crippen molar-refractivity contribution in [3.8, 4) is 5.75 Å². The van der Waals surface area contributed by atoms with Gasteiger partial charge >= 0.3 is 0 Å². The van der Waals surface area contributed by atoms with Crippen molar-refractivity contribution in [1.29, 1.82) is 0 Å². The summed E-state index contributed by atoms with van der Waals surface area (Å²) in [5.74, 6) is 1.81. The lowest BCUT2D eigenvalue weighted by atomic mass is 10.0. The van der Waals surface area contributed by atoms with E-state index in [0.29, 0.717) is 0 Å². The van der Waals surface area contributed by atoms with Gasteiger partial charge in [-0.25, -0.2) is 4.98 Å². The molecule has 1 aromatic carbocycles. The van der Waals surface area contributed by atoms with Gasteiger partial charge < -0.3 is 9.15 Å². The van der Waals surface area contributed by atoms with Crippen LogP contribution in [0.4, 0.5) is 0 Å². The number of aryl methyl sites for hydroxylation is 2. The first-order chi connectivity index (χ1) is 9.88. The van der Waals surface area contributed by atoms with Gasteiger partial charge in [0.05, 0.1) is 13.3 Å². The number of methoxy groups -OCH3 is 1. The summed E-state index contributed by atoms with van der Waals surface area (Å²) in [6.45, 7) is 0. The minimum Gasteiger partial charge on any atom is -0.497 e. The SMILES string of the molecule is COc1cccc(CCCCCCCc2ncco2)c1. The van der Waals surface area contributed by atoms with Crippen LogP contribution in [-0.4, -0.2) is 12.1 Å². The number of hydrogen-bond acceptors (Lipinski definition) is 3. The molecule has 0 aliphatic heterocycles. The van der Waals surface area contributed by atoms with Crippen molar-refractivity contribution >= 4 is 0 Å². The first kappa shape index (κ1) is 14.6. The van der Waals surface area contributed by atoms with Crippen LogP contribution in [0.2, 0.25) is 0 Å². The monoisotopic (exact) mass is 273 g/mol. The molecule has 108 valence electrons. The highest BCUT2D eigenvalue weighted by atomic mass is 16.5. The zero-order chi connectivity index (χ0) is 14.0. The zero-order valence-corrected chi connectivity index (χ0v) is 12.2. The van der Waals surface area contributed by atoms with Crippen molar-refractivity contribution < 1.29 is 9.15 Å². The Morgan fingerprint density at radius 1 is 1.05 bits per heavy atom. The Hall–Kier alpha value is -1.77. The van der Waals surface area contributed by atoms with Crippen LogP contribution in [0.3, 0.4) is 0 Å². The topological polar surface area (TPSA) is 35.3 Å². The van der Waals surface area contributed by atoms with Gasteiger partial charge in [0.15, 0.2) is 5.89 Å². The Labute approximate surface area is 121 Å². The van der Waals surface area contributed by atoms with Gasteiger partial charge in [0.25, 0.3) is 0 Å². The minimum absolute atomic E-state index is 0.862. The number of oxazole rings is 1. The second kappa shape index (κ2) is 8.41. The van der Waals surface area contributed by atoms with Crippen LogP contribution < -0.4 is 4.74 Å². The summed E-state index contributed by atoms with van der Waals surface area (Å²) in [6, 6.07) is 8.35. The summed E-state index contributed by atoms with van der Waals surface area (Å²) in [4.78, 5) is 4.13. The zero-order valence-electron chi connectivity index (χ0n) is 12.2. The highest BCUT2D eigenvalue weighted by Gasteiger charge is 1.99. The predicted octanol–water partition coefficient (Wildman–Crippen LogP) is 4.42. The van der Waals surface area contributed by atoms with Gasteiger partial charge in [0.2, 0.25) is 0 Å². The molecule has 0 fully saturated rings. The minimum atomic E-state index is 0.862. The summed E-state index contributed by atoms with van der Waals surface area (Å²) in [5, 5.41) is 0. The number of nitrogens with zero attached hydrogens (tertiary/aromatic N) is 1. The Morgan fingerprint density at radius 2 is 1.85 bits per heavy atom. The van der Waals surface area contributed by atoms with Crippen molar-refractivity contribution in [2.45, 2.75) is 44.9 Å². The summed E-state index contributed by atoms with van der Waals surface area (Å²) < 4.78 is 10.5. The highest BCUT2D eigenvalue weighted by Crippen LogP contribution is 2.15. The summed E-state index contributed by atoms with van der Waals surface area (Å²) in [5.41, 5.74) is 1.36. The van der Waals surface area contributed by atoms with E-state index in [1.165, 1.54) is 37.7 Å². The molecule has 0 aliphatic carbocycles. The molecule has 1 aromatic heterocycles. The van der Waals surface area contributed by atoms with Crippen molar-refractivity contribution in [3.05, 3.63) is 48.2 Å². The van der Waals surface area contributed by atoms with Gasteiger partial charge in [-0.1, -0.05) is 31.4 Å². The van der Waals surface area contributed by atoms with Crippen molar-refractivity contribution in [2.75, 3.05) is 7.11 Å². The van der Waals surface area contributed by atoms with Crippen LogP contribution in [-0.2, 0) is 12.8 Å². The molecule has 0 atom stereocenters. The molecular weight excluding hydrogens is 250 g/mol. The summed E-state index contributed by atoms with van der Waals surface area (Å²) >= 11 is 0. The lowest BCUT2D eigenvalue weighted by Crippen LogP contribution is -1.89. The van der Waals surface area contributed by atoms with E-state index in [2.05, 4.69) is 23.2 Å². The summed E-state index contributed by atoms with van der Waals surface area (Å²) in [6.07, 6.45) is 11.7. The Bertz CT molecular complexity index is 479.